The Kier molecular flexibility index (Phi) is 3.68. The van der Waals surface area contributed by atoms with E-state index in [0.29, 0.717) is 4.47 Å². The SMILES string of the molecule is C[C@@](O)(CN=[N+]=[N-])c1cc(Br)ccc1F. The van der Waals surface area contributed by atoms with E-state index in [-0.39, 0.29) is 12.1 Å². The van der Waals surface area contributed by atoms with Crippen molar-refractivity contribution >= 4 is 15.9 Å². The van der Waals surface area contributed by atoms with Gasteiger partial charge in [-0.3, -0.25) is 0 Å². The van der Waals surface area contributed by atoms with Gasteiger partial charge in [-0.25, -0.2) is 4.39 Å². The first kappa shape index (κ1) is 12.0. The zero-order chi connectivity index (χ0) is 11.5. The molecule has 80 valence electrons. The van der Waals surface area contributed by atoms with E-state index in [4.69, 9.17) is 5.53 Å². The predicted molar refractivity (Wildman–Crippen MR) is 57.7 cm³/mol. The Hall–Kier alpha value is -1.10. The Morgan fingerprint density at radius 3 is 2.93 bits per heavy atom. The first-order valence-electron chi connectivity index (χ1n) is 4.16. The number of rotatable bonds is 3. The molecule has 1 aromatic rings. The van der Waals surface area contributed by atoms with Crippen molar-refractivity contribution in [3.05, 3.63) is 44.5 Å². The van der Waals surface area contributed by atoms with Crippen LogP contribution in [0.3, 0.4) is 0 Å². The molecule has 0 aromatic heterocycles. The molecule has 0 bridgehead atoms. The lowest BCUT2D eigenvalue weighted by atomic mass is 9.96. The van der Waals surface area contributed by atoms with Crippen molar-refractivity contribution in [2.45, 2.75) is 12.5 Å². The number of aliphatic hydroxyl groups is 1. The highest BCUT2D eigenvalue weighted by Crippen LogP contribution is 2.26. The van der Waals surface area contributed by atoms with Crippen LogP contribution in [0.15, 0.2) is 27.8 Å². The van der Waals surface area contributed by atoms with Crippen LogP contribution in [0.2, 0.25) is 0 Å². The smallest absolute Gasteiger partial charge is 0.129 e. The van der Waals surface area contributed by atoms with Crippen molar-refractivity contribution in [2.75, 3.05) is 6.54 Å². The molecule has 0 aliphatic carbocycles. The molecular formula is C9H9BrFN3O. The third-order valence-electron chi connectivity index (χ3n) is 1.95. The summed E-state index contributed by atoms with van der Waals surface area (Å²) in [5.74, 6) is -0.531. The van der Waals surface area contributed by atoms with Crippen LogP contribution in [0, 0.1) is 5.82 Å². The maximum Gasteiger partial charge on any atom is 0.129 e. The lowest BCUT2D eigenvalue weighted by Crippen LogP contribution is -2.26. The molecule has 1 aromatic carbocycles. The van der Waals surface area contributed by atoms with Gasteiger partial charge in [0.1, 0.15) is 5.82 Å². The number of hydrogen-bond acceptors (Lipinski definition) is 2. The number of hydrogen-bond donors (Lipinski definition) is 1. The fraction of sp³-hybridized carbons (Fsp3) is 0.333. The van der Waals surface area contributed by atoms with Crippen LogP contribution in [-0.4, -0.2) is 11.7 Å². The summed E-state index contributed by atoms with van der Waals surface area (Å²) in [4.78, 5) is 2.53. The topological polar surface area (TPSA) is 69.0 Å². The summed E-state index contributed by atoms with van der Waals surface area (Å²) >= 11 is 3.18. The van der Waals surface area contributed by atoms with E-state index in [1.54, 1.807) is 0 Å². The van der Waals surface area contributed by atoms with Crippen LogP contribution in [0.1, 0.15) is 12.5 Å². The van der Waals surface area contributed by atoms with E-state index < -0.39 is 11.4 Å². The molecule has 6 heteroatoms. The Labute approximate surface area is 94.5 Å². The zero-order valence-electron chi connectivity index (χ0n) is 7.98. The third-order valence-corrected chi connectivity index (χ3v) is 2.44. The fourth-order valence-electron chi connectivity index (χ4n) is 1.16. The monoisotopic (exact) mass is 273 g/mol. The molecular weight excluding hydrogens is 265 g/mol. The highest BCUT2D eigenvalue weighted by Gasteiger charge is 2.25. The van der Waals surface area contributed by atoms with E-state index in [0.717, 1.165) is 0 Å². The first-order chi connectivity index (χ1) is 6.97. The van der Waals surface area contributed by atoms with E-state index in [9.17, 15) is 9.50 Å². The van der Waals surface area contributed by atoms with E-state index >= 15 is 0 Å². The summed E-state index contributed by atoms with van der Waals surface area (Å²) < 4.78 is 14.0. The van der Waals surface area contributed by atoms with Crippen LogP contribution in [0.4, 0.5) is 4.39 Å². The van der Waals surface area contributed by atoms with Crippen molar-refractivity contribution in [1.29, 1.82) is 0 Å². The van der Waals surface area contributed by atoms with Gasteiger partial charge in [-0.05, 0) is 30.7 Å². The lowest BCUT2D eigenvalue weighted by Gasteiger charge is -2.22. The maximum absolute atomic E-state index is 13.4. The molecule has 0 fully saturated rings. The summed E-state index contributed by atoms with van der Waals surface area (Å²) in [5, 5.41) is 13.1. The number of azide groups is 1. The highest BCUT2D eigenvalue weighted by atomic mass is 79.9. The van der Waals surface area contributed by atoms with E-state index in [1.165, 1.54) is 25.1 Å². The molecule has 0 heterocycles. The normalized spacial score (nSPS) is 14.1. The van der Waals surface area contributed by atoms with Crippen LogP contribution in [-0.2, 0) is 5.60 Å². The minimum absolute atomic E-state index is 0.101. The predicted octanol–water partition coefficient (Wildman–Crippen LogP) is 3.11. The van der Waals surface area contributed by atoms with Crippen molar-refractivity contribution in [3.63, 3.8) is 0 Å². The van der Waals surface area contributed by atoms with E-state index in [1.807, 2.05) is 0 Å². The van der Waals surface area contributed by atoms with Gasteiger partial charge < -0.3 is 5.11 Å². The van der Waals surface area contributed by atoms with Gasteiger partial charge in [0.2, 0.25) is 0 Å². The second-order valence-electron chi connectivity index (χ2n) is 3.29. The standard InChI is InChI=1S/C9H9BrFN3O/c1-9(15,5-13-14-12)7-4-6(10)2-3-8(7)11/h2-4,15H,5H2,1H3/t9-/m1/s1. The van der Waals surface area contributed by atoms with Gasteiger partial charge in [0.15, 0.2) is 0 Å². The fourth-order valence-corrected chi connectivity index (χ4v) is 1.53. The molecule has 0 spiro atoms. The highest BCUT2D eigenvalue weighted by molar-refractivity contribution is 9.10. The molecule has 0 unspecified atom stereocenters. The molecule has 1 rings (SSSR count). The second-order valence-corrected chi connectivity index (χ2v) is 4.20. The van der Waals surface area contributed by atoms with Crippen molar-refractivity contribution in [3.8, 4) is 0 Å². The molecule has 0 aliphatic rings. The van der Waals surface area contributed by atoms with Gasteiger partial charge in [0.05, 0.1) is 12.1 Å². The molecule has 0 aliphatic heterocycles. The Morgan fingerprint density at radius 2 is 2.33 bits per heavy atom. The number of benzene rings is 1. The number of nitrogens with zero attached hydrogens (tertiary/aromatic N) is 3. The summed E-state index contributed by atoms with van der Waals surface area (Å²) in [7, 11) is 0. The maximum atomic E-state index is 13.4. The van der Waals surface area contributed by atoms with Crippen LogP contribution >= 0.6 is 15.9 Å². The van der Waals surface area contributed by atoms with Gasteiger partial charge in [-0.1, -0.05) is 21.0 Å². The van der Waals surface area contributed by atoms with Gasteiger partial charge in [-0.15, -0.1) is 0 Å². The van der Waals surface area contributed by atoms with Crippen molar-refractivity contribution < 1.29 is 9.50 Å². The van der Waals surface area contributed by atoms with Gasteiger partial charge >= 0.3 is 0 Å². The van der Waals surface area contributed by atoms with Gasteiger partial charge in [0.25, 0.3) is 0 Å². The molecule has 0 amide bonds. The summed E-state index contributed by atoms with van der Waals surface area (Å²) in [5.41, 5.74) is 6.75. The van der Waals surface area contributed by atoms with E-state index in [2.05, 4.69) is 26.0 Å². The largest absolute Gasteiger partial charge is 0.385 e. The van der Waals surface area contributed by atoms with Crippen LogP contribution in [0.25, 0.3) is 10.4 Å². The lowest BCUT2D eigenvalue weighted by molar-refractivity contribution is 0.0630. The Balaban J connectivity index is 3.12. The molecule has 1 atom stereocenters. The molecule has 0 saturated carbocycles. The van der Waals surface area contributed by atoms with Crippen molar-refractivity contribution in [1.82, 2.24) is 0 Å². The summed E-state index contributed by atoms with van der Waals surface area (Å²) in [6.07, 6.45) is 0. The summed E-state index contributed by atoms with van der Waals surface area (Å²) in [6.45, 7) is 1.18. The quantitative estimate of drug-likeness (QED) is 0.513. The van der Waals surface area contributed by atoms with Crippen molar-refractivity contribution in [2.24, 2.45) is 5.11 Å². The molecule has 0 saturated heterocycles. The minimum atomic E-state index is -1.50. The zero-order valence-corrected chi connectivity index (χ0v) is 9.57. The number of halogens is 2. The molecule has 1 N–H and O–H groups in total. The summed E-state index contributed by atoms with van der Waals surface area (Å²) in [6, 6.07) is 4.23. The minimum Gasteiger partial charge on any atom is -0.385 e. The van der Waals surface area contributed by atoms with Crippen LogP contribution < -0.4 is 0 Å². The molecule has 4 nitrogen and oxygen atoms in total. The third kappa shape index (κ3) is 2.92. The second kappa shape index (κ2) is 4.61. The molecule has 15 heavy (non-hydrogen) atoms. The first-order valence-corrected chi connectivity index (χ1v) is 4.95. The van der Waals surface area contributed by atoms with Crippen LogP contribution in [0.5, 0.6) is 0 Å². The van der Waals surface area contributed by atoms with Gasteiger partial charge in [-0.2, -0.15) is 0 Å². The average Bonchev–Trinajstić information content (AvgIpc) is 2.18. The Bertz CT molecular complexity index is 416. The molecule has 0 radical (unpaired) electrons. The Morgan fingerprint density at radius 1 is 1.67 bits per heavy atom. The average molecular weight is 274 g/mol. The van der Waals surface area contributed by atoms with Gasteiger partial charge in [0, 0.05) is 14.9 Å².